The summed E-state index contributed by atoms with van der Waals surface area (Å²) in [5.74, 6) is -2.13. The first kappa shape index (κ1) is 27.1. The van der Waals surface area contributed by atoms with Crippen LogP contribution in [0.4, 0.5) is 5.69 Å². The number of carbonyl (C=O) groups is 2. The topological polar surface area (TPSA) is 117 Å². The summed E-state index contributed by atoms with van der Waals surface area (Å²) in [7, 11) is 1.48. The minimum Gasteiger partial charge on any atom is -1.00 e. The van der Waals surface area contributed by atoms with Crippen LogP contribution in [0.5, 0.6) is 0 Å². The number of allylic oxidation sites excluding steroid dienone is 2. The molecule has 1 unspecified atom stereocenters. The maximum atomic E-state index is 12.9. The molecule has 0 spiro atoms. The predicted octanol–water partition coefficient (Wildman–Crippen LogP) is 2.82. The summed E-state index contributed by atoms with van der Waals surface area (Å²) in [6, 6.07) is 5.84. The predicted molar refractivity (Wildman–Crippen MR) is 116 cm³/mol. The molecule has 0 radical (unpaired) electrons. The molecule has 1 aliphatic rings. The van der Waals surface area contributed by atoms with Crippen LogP contribution in [0.2, 0.25) is 0 Å². The van der Waals surface area contributed by atoms with Crippen molar-refractivity contribution in [2.75, 3.05) is 20.3 Å². The van der Waals surface area contributed by atoms with Crippen LogP contribution in [-0.4, -0.2) is 81.0 Å². The zero-order valence-electron chi connectivity index (χ0n) is 20.4. The van der Waals surface area contributed by atoms with Gasteiger partial charge in [0, 0.05) is 30.6 Å². The van der Waals surface area contributed by atoms with Gasteiger partial charge in [0.1, 0.15) is 6.61 Å². The second-order valence-electron chi connectivity index (χ2n) is 7.07. The molecule has 1 atom stereocenters. The Hall–Kier alpha value is -1.94. The first-order chi connectivity index (χ1) is 14.2. The zero-order chi connectivity index (χ0) is 22.4. The van der Waals surface area contributed by atoms with E-state index in [1.54, 1.807) is 33.8 Å². The molecule has 9 nitrogen and oxygen atoms in total. The molecule has 1 heterocycles. The van der Waals surface area contributed by atoms with Gasteiger partial charge in [-0.15, -0.1) is 0 Å². The van der Waals surface area contributed by atoms with Gasteiger partial charge in [0.25, 0.3) is 5.69 Å². The van der Waals surface area contributed by atoms with Crippen molar-refractivity contribution in [3.8, 4) is 0 Å². The number of dihydropyridines is 1. The van der Waals surface area contributed by atoms with Crippen molar-refractivity contribution in [2.24, 2.45) is 0 Å². The van der Waals surface area contributed by atoms with Gasteiger partial charge in [-0.3, -0.25) is 10.1 Å². The molecule has 0 bridgehead atoms. The normalized spacial score (nSPS) is 15.9. The van der Waals surface area contributed by atoms with Gasteiger partial charge < -0.3 is 22.4 Å². The van der Waals surface area contributed by atoms with E-state index in [1.165, 1.54) is 25.3 Å². The Labute approximate surface area is 213 Å². The Morgan fingerprint density at radius 1 is 1.16 bits per heavy atom. The minimum atomic E-state index is -0.882. The smallest absolute Gasteiger partial charge is 1.00 e. The Morgan fingerprint density at radius 3 is 2.32 bits per heavy atom. The van der Waals surface area contributed by atoms with Crippen molar-refractivity contribution in [1.29, 1.82) is 0 Å². The molecule has 1 aliphatic heterocycles. The maximum absolute atomic E-state index is 12.9. The van der Waals surface area contributed by atoms with Gasteiger partial charge in [0.2, 0.25) is 0 Å². The summed E-state index contributed by atoms with van der Waals surface area (Å²) < 4.78 is 15.6. The second kappa shape index (κ2) is 12.2. The number of nitrogens with zero attached hydrogens (tertiary/aromatic N) is 1. The Bertz CT molecular complexity index is 920. The third-order valence-corrected chi connectivity index (χ3v) is 4.48. The SMILES string of the molecule is COCCOC(=O)C1=C(C)NC(C)=C(C(=O)OC(C)C)C1c1cccc([N+](=O)[O-])c1.[Ca+2].[H-].[H-]. The first-order valence-corrected chi connectivity index (χ1v) is 9.47. The van der Waals surface area contributed by atoms with E-state index >= 15 is 0 Å². The molecule has 0 aliphatic carbocycles. The van der Waals surface area contributed by atoms with Gasteiger partial charge >= 0.3 is 49.7 Å². The van der Waals surface area contributed by atoms with Crippen LogP contribution in [0.1, 0.15) is 42.0 Å². The summed E-state index contributed by atoms with van der Waals surface area (Å²) in [6.45, 7) is 7.05. The zero-order valence-corrected chi connectivity index (χ0v) is 20.6. The third kappa shape index (κ3) is 6.77. The van der Waals surface area contributed by atoms with Crippen LogP contribution in [0.15, 0.2) is 46.8 Å². The molecule has 31 heavy (non-hydrogen) atoms. The average molecular weight is 461 g/mol. The summed E-state index contributed by atoms with van der Waals surface area (Å²) in [5.41, 5.74) is 1.65. The fourth-order valence-corrected chi connectivity index (χ4v) is 3.26. The Morgan fingerprint density at radius 2 is 1.77 bits per heavy atom. The van der Waals surface area contributed by atoms with E-state index in [1.807, 2.05) is 0 Å². The largest absolute Gasteiger partial charge is 2.00 e. The molecule has 0 saturated heterocycles. The van der Waals surface area contributed by atoms with Crippen molar-refractivity contribution < 1.29 is 31.6 Å². The number of nitrogens with one attached hydrogen (secondary N) is 1. The minimum absolute atomic E-state index is 0. The number of hydrogen-bond acceptors (Lipinski definition) is 8. The van der Waals surface area contributed by atoms with E-state index in [2.05, 4.69) is 5.32 Å². The number of carbonyl (C=O) groups excluding carboxylic acids is 2. The van der Waals surface area contributed by atoms with Crippen LogP contribution in [0.25, 0.3) is 0 Å². The number of hydrogen-bond donors (Lipinski definition) is 1. The molecule has 1 aromatic carbocycles. The van der Waals surface area contributed by atoms with E-state index in [4.69, 9.17) is 14.2 Å². The average Bonchev–Trinajstić information content (AvgIpc) is 2.66. The molecule has 166 valence electrons. The fraction of sp³-hybridized carbons (Fsp3) is 0.429. The van der Waals surface area contributed by atoms with Gasteiger partial charge in [0.05, 0.1) is 34.7 Å². The molecule has 1 N–H and O–H groups in total. The third-order valence-electron chi connectivity index (χ3n) is 4.48. The fourth-order valence-electron chi connectivity index (χ4n) is 3.26. The monoisotopic (exact) mass is 460 g/mol. The number of nitro groups is 1. The molecule has 0 aromatic heterocycles. The van der Waals surface area contributed by atoms with E-state index in [9.17, 15) is 19.7 Å². The van der Waals surface area contributed by atoms with E-state index in [-0.39, 0.29) is 76.7 Å². The molecular formula is C21H28CaN2O7. The van der Waals surface area contributed by atoms with E-state index < -0.39 is 22.8 Å². The number of benzene rings is 1. The van der Waals surface area contributed by atoms with Gasteiger partial charge in [-0.25, -0.2) is 9.59 Å². The van der Waals surface area contributed by atoms with Gasteiger partial charge in [-0.05, 0) is 33.3 Å². The van der Waals surface area contributed by atoms with Gasteiger partial charge in [-0.2, -0.15) is 0 Å². The van der Waals surface area contributed by atoms with Crippen LogP contribution in [0.3, 0.4) is 0 Å². The van der Waals surface area contributed by atoms with Crippen molar-refractivity contribution in [1.82, 2.24) is 5.32 Å². The number of esters is 2. The molecule has 10 heteroatoms. The number of rotatable bonds is 8. The molecular weight excluding hydrogens is 432 g/mol. The molecule has 2 rings (SSSR count). The number of methoxy groups -OCH3 is 1. The molecule has 0 fully saturated rings. The Kier molecular flexibility index (Phi) is 10.7. The quantitative estimate of drug-likeness (QED) is 0.207. The van der Waals surface area contributed by atoms with Gasteiger partial charge in [-0.1, -0.05) is 12.1 Å². The molecule has 1 aromatic rings. The maximum Gasteiger partial charge on any atom is 2.00 e. The summed E-state index contributed by atoms with van der Waals surface area (Å²) in [5, 5.41) is 14.3. The van der Waals surface area contributed by atoms with Crippen LogP contribution in [-0.2, 0) is 23.8 Å². The van der Waals surface area contributed by atoms with Crippen LogP contribution >= 0.6 is 0 Å². The Balaban J connectivity index is 0. The van der Waals surface area contributed by atoms with E-state index in [0.29, 0.717) is 17.0 Å². The number of ether oxygens (including phenoxy) is 3. The van der Waals surface area contributed by atoms with Crippen LogP contribution in [0, 0.1) is 10.1 Å². The van der Waals surface area contributed by atoms with Crippen molar-refractivity contribution in [3.63, 3.8) is 0 Å². The first-order valence-electron chi connectivity index (χ1n) is 9.47. The van der Waals surface area contributed by atoms with Crippen molar-refractivity contribution >= 4 is 55.4 Å². The van der Waals surface area contributed by atoms with Crippen molar-refractivity contribution in [3.05, 3.63) is 62.5 Å². The number of nitro benzene ring substituents is 1. The number of non-ortho nitro benzene ring substituents is 1. The standard InChI is InChI=1S/C21H26N2O7.Ca.2H/c1-12(2)30-21(25)18-14(4)22-13(3)17(20(24)29-10-9-28-5)19(18)15-7-6-8-16(11-15)23(26)27;;;/h6-8,11-12,19,22H,9-10H2,1-5H3;;;/q;+2;2*-1. The van der Waals surface area contributed by atoms with Crippen molar-refractivity contribution in [2.45, 2.75) is 39.7 Å². The van der Waals surface area contributed by atoms with E-state index in [0.717, 1.165) is 0 Å². The summed E-state index contributed by atoms with van der Waals surface area (Å²) in [6.07, 6.45) is -0.382. The molecule has 0 saturated carbocycles. The molecule has 0 amide bonds. The van der Waals surface area contributed by atoms with Crippen LogP contribution < -0.4 is 5.32 Å². The van der Waals surface area contributed by atoms with Gasteiger partial charge in [0.15, 0.2) is 0 Å². The summed E-state index contributed by atoms with van der Waals surface area (Å²) in [4.78, 5) is 36.6. The second-order valence-corrected chi connectivity index (χ2v) is 7.07. The summed E-state index contributed by atoms with van der Waals surface area (Å²) >= 11 is 0.